The first-order valence-electron chi connectivity index (χ1n) is 7.53. The second-order valence-electron chi connectivity index (χ2n) is 6.13. The molecule has 106 valence electrons. The van der Waals surface area contributed by atoms with Crippen LogP contribution in [-0.4, -0.2) is 13.2 Å². The van der Waals surface area contributed by atoms with Gasteiger partial charge >= 0.3 is 0 Å². The summed E-state index contributed by atoms with van der Waals surface area (Å²) in [5.74, 6) is 2.53. The van der Waals surface area contributed by atoms with Crippen molar-refractivity contribution in [1.29, 1.82) is 0 Å². The van der Waals surface area contributed by atoms with E-state index < -0.39 is 0 Å². The van der Waals surface area contributed by atoms with Gasteiger partial charge in [0, 0.05) is 11.7 Å². The Balaban J connectivity index is 2.08. The van der Waals surface area contributed by atoms with E-state index >= 15 is 0 Å². The molecule has 1 aliphatic carbocycles. The van der Waals surface area contributed by atoms with Crippen LogP contribution < -0.4 is 10.1 Å². The lowest BCUT2D eigenvalue weighted by molar-refractivity contribution is 0.254. The second-order valence-corrected chi connectivity index (χ2v) is 6.13. The SMILES string of the molecule is COc1ccc(NC2CCCCC2C(C)C)cc1C. The second kappa shape index (κ2) is 6.31. The van der Waals surface area contributed by atoms with Crippen molar-refractivity contribution in [3.05, 3.63) is 23.8 Å². The van der Waals surface area contributed by atoms with Gasteiger partial charge in [-0.2, -0.15) is 0 Å². The highest BCUT2D eigenvalue weighted by molar-refractivity contribution is 5.51. The van der Waals surface area contributed by atoms with Gasteiger partial charge in [-0.1, -0.05) is 26.7 Å². The lowest BCUT2D eigenvalue weighted by atomic mass is 9.78. The van der Waals surface area contributed by atoms with E-state index in [0.717, 1.165) is 17.6 Å². The summed E-state index contributed by atoms with van der Waals surface area (Å²) in [6.45, 7) is 6.80. The van der Waals surface area contributed by atoms with Crippen molar-refractivity contribution in [2.24, 2.45) is 11.8 Å². The third-order valence-corrected chi connectivity index (χ3v) is 4.42. The van der Waals surface area contributed by atoms with Crippen LogP contribution in [0.25, 0.3) is 0 Å². The molecule has 0 radical (unpaired) electrons. The number of methoxy groups -OCH3 is 1. The average Bonchev–Trinajstić information content (AvgIpc) is 2.39. The van der Waals surface area contributed by atoms with Crippen LogP contribution in [0, 0.1) is 18.8 Å². The van der Waals surface area contributed by atoms with Gasteiger partial charge in [0.1, 0.15) is 5.75 Å². The fourth-order valence-electron chi connectivity index (χ4n) is 3.32. The molecule has 1 aromatic rings. The third-order valence-electron chi connectivity index (χ3n) is 4.42. The van der Waals surface area contributed by atoms with Crippen molar-refractivity contribution in [2.75, 3.05) is 12.4 Å². The number of anilines is 1. The minimum Gasteiger partial charge on any atom is -0.496 e. The molecule has 0 aromatic heterocycles. The number of aryl methyl sites for hydroxylation is 1. The van der Waals surface area contributed by atoms with Crippen LogP contribution in [0.3, 0.4) is 0 Å². The molecule has 0 heterocycles. The fraction of sp³-hybridized carbons (Fsp3) is 0.647. The van der Waals surface area contributed by atoms with E-state index in [0.29, 0.717) is 6.04 Å². The molecule has 0 bridgehead atoms. The summed E-state index contributed by atoms with van der Waals surface area (Å²) in [5, 5.41) is 3.75. The van der Waals surface area contributed by atoms with Crippen LogP contribution in [0.2, 0.25) is 0 Å². The molecule has 2 nitrogen and oxygen atoms in total. The Morgan fingerprint density at radius 2 is 1.95 bits per heavy atom. The molecule has 1 aromatic carbocycles. The van der Waals surface area contributed by atoms with Crippen LogP contribution in [0.15, 0.2) is 18.2 Å². The Kier molecular flexibility index (Phi) is 4.73. The van der Waals surface area contributed by atoms with Crippen molar-refractivity contribution in [2.45, 2.75) is 52.5 Å². The van der Waals surface area contributed by atoms with E-state index in [4.69, 9.17) is 4.74 Å². The maximum Gasteiger partial charge on any atom is 0.121 e. The van der Waals surface area contributed by atoms with E-state index in [1.807, 2.05) is 0 Å². The molecule has 1 N–H and O–H groups in total. The van der Waals surface area contributed by atoms with Crippen molar-refractivity contribution in [3.8, 4) is 5.75 Å². The maximum atomic E-state index is 5.32. The Morgan fingerprint density at radius 3 is 2.58 bits per heavy atom. The van der Waals surface area contributed by atoms with E-state index in [2.05, 4.69) is 44.3 Å². The standard InChI is InChI=1S/C17H27NO/c1-12(2)15-7-5-6-8-16(15)18-14-9-10-17(19-4)13(3)11-14/h9-12,15-16,18H,5-8H2,1-4H3. The summed E-state index contributed by atoms with van der Waals surface area (Å²) in [6.07, 6.45) is 5.41. The van der Waals surface area contributed by atoms with Crippen LogP contribution >= 0.6 is 0 Å². The predicted molar refractivity (Wildman–Crippen MR) is 81.9 cm³/mol. The predicted octanol–water partition coefficient (Wildman–Crippen LogP) is 4.63. The van der Waals surface area contributed by atoms with Gasteiger partial charge in [-0.15, -0.1) is 0 Å². The van der Waals surface area contributed by atoms with E-state index in [1.165, 1.54) is 36.9 Å². The number of hydrogen-bond acceptors (Lipinski definition) is 2. The first kappa shape index (κ1) is 14.2. The summed E-state index contributed by atoms with van der Waals surface area (Å²) >= 11 is 0. The van der Waals surface area contributed by atoms with Crippen molar-refractivity contribution >= 4 is 5.69 Å². The average molecular weight is 261 g/mol. The monoisotopic (exact) mass is 261 g/mol. The Labute approximate surface area is 117 Å². The van der Waals surface area contributed by atoms with Gasteiger partial charge in [0.25, 0.3) is 0 Å². The zero-order valence-corrected chi connectivity index (χ0v) is 12.7. The first-order chi connectivity index (χ1) is 9.11. The van der Waals surface area contributed by atoms with E-state index in [1.54, 1.807) is 7.11 Å². The maximum absolute atomic E-state index is 5.32. The van der Waals surface area contributed by atoms with Gasteiger partial charge in [0.15, 0.2) is 0 Å². The van der Waals surface area contributed by atoms with Crippen LogP contribution in [0.1, 0.15) is 45.1 Å². The molecular weight excluding hydrogens is 234 g/mol. The van der Waals surface area contributed by atoms with Gasteiger partial charge in [0.05, 0.1) is 7.11 Å². The highest BCUT2D eigenvalue weighted by atomic mass is 16.5. The van der Waals surface area contributed by atoms with Crippen LogP contribution in [0.5, 0.6) is 5.75 Å². The van der Waals surface area contributed by atoms with Crippen molar-refractivity contribution in [1.82, 2.24) is 0 Å². The molecule has 1 fully saturated rings. The lowest BCUT2D eigenvalue weighted by Crippen LogP contribution is -2.35. The van der Waals surface area contributed by atoms with Crippen LogP contribution in [0.4, 0.5) is 5.69 Å². The summed E-state index contributed by atoms with van der Waals surface area (Å²) in [7, 11) is 1.73. The summed E-state index contributed by atoms with van der Waals surface area (Å²) in [4.78, 5) is 0. The molecule has 2 heteroatoms. The van der Waals surface area contributed by atoms with E-state index in [9.17, 15) is 0 Å². The van der Waals surface area contributed by atoms with Crippen molar-refractivity contribution in [3.63, 3.8) is 0 Å². The smallest absolute Gasteiger partial charge is 0.121 e. The number of benzene rings is 1. The molecule has 2 unspecified atom stereocenters. The number of hydrogen-bond donors (Lipinski definition) is 1. The quantitative estimate of drug-likeness (QED) is 0.853. The normalized spacial score (nSPS) is 23.4. The Hall–Kier alpha value is -1.18. The molecular formula is C17H27NO. The molecule has 2 atom stereocenters. The molecule has 0 saturated heterocycles. The Bertz CT molecular complexity index is 414. The molecule has 0 aliphatic heterocycles. The molecule has 2 rings (SSSR count). The molecule has 1 aliphatic rings. The first-order valence-corrected chi connectivity index (χ1v) is 7.53. The molecule has 0 amide bonds. The molecule has 0 spiro atoms. The molecule has 1 saturated carbocycles. The fourth-order valence-corrected chi connectivity index (χ4v) is 3.32. The lowest BCUT2D eigenvalue weighted by Gasteiger charge is -2.35. The zero-order valence-electron chi connectivity index (χ0n) is 12.7. The van der Waals surface area contributed by atoms with Gasteiger partial charge in [0.2, 0.25) is 0 Å². The highest BCUT2D eigenvalue weighted by Crippen LogP contribution is 2.33. The van der Waals surface area contributed by atoms with E-state index in [-0.39, 0.29) is 0 Å². The zero-order chi connectivity index (χ0) is 13.8. The van der Waals surface area contributed by atoms with Gasteiger partial charge in [-0.05, 0) is 55.4 Å². The van der Waals surface area contributed by atoms with Gasteiger partial charge in [-0.3, -0.25) is 0 Å². The number of ether oxygens (including phenoxy) is 1. The largest absolute Gasteiger partial charge is 0.496 e. The number of rotatable bonds is 4. The number of nitrogens with one attached hydrogen (secondary N) is 1. The Morgan fingerprint density at radius 1 is 1.21 bits per heavy atom. The van der Waals surface area contributed by atoms with Gasteiger partial charge in [-0.25, -0.2) is 0 Å². The topological polar surface area (TPSA) is 21.3 Å². The summed E-state index contributed by atoms with van der Waals surface area (Å²) < 4.78 is 5.32. The highest BCUT2D eigenvalue weighted by Gasteiger charge is 2.27. The minimum atomic E-state index is 0.626. The van der Waals surface area contributed by atoms with Gasteiger partial charge < -0.3 is 10.1 Å². The third kappa shape index (κ3) is 3.43. The summed E-state index contributed by atoms with van der Waals surface area (Å²) in [5.41, 5.74) is 2.43. The van der Waals surface area contributed by atoms with Crippen molar-refractivity contribution < 1.29 is 4.74 Å². The van der Waals surface area contributed by atoms with Crippen LogP contribution in [-0.2, 0) is 0 Å². The summed E-state index contributed by atoms with van der Waals surface area (Å²) in [6, 6.07) is 7.02. The minimum absolute atomic E-state index is 0.626. The molecule has 19 heavy (non-hydrogen) atoms.